The molecule has 0 amide bonds. The van der Waals surface area contributed by atoms with Crippen LogP contribution in [-0.4, -0.2) is 36.5 Å². The standard InChI is InChI=1S/C14H24N2O2/c1-9-6-10(2)16-12(4)14(9)11(3)15-7-13(17)8-18-5/h6,11,13,15,17H,7-8H2,1-5H3. The Bertz CT molecular complexity index is 370. The first-order valence-corrected chi connectivity index (χ1v) is 6.30. The third-order valence-electron chi connectivity index (χ3n) is 3.04. The molecule has 18 heavy (non-hydrogen) atoms. The molecule has 0 radical (unpaired) electrons. The smallest absolute Gasteiger partial charge is 0.0897 e. The van der Waals surface area contributed by atoms with Gasteiger partial charge in [-0.1, -0.05) is 0 Å². The van der Waals surface area contributed by atoms with Gasteiger partial charge in [0.05, 0.1) is 12.7 Å². The molecule has 0 aliphatic carbocycles. The summed E-state index contributed by atoms with van der Waals surface area (Å²) in [6, 6.07) is 2.26. The van der Waals surface area contributed by atoms with Gasteiger partial charge in [-0.25, -0.2) is 0 Å². The van der Waals surface area contributed by atoms with Gasteiger partial charge in [-0.15, -0.1) is 0 Å². The zero-order valence-corrected chi connectivity index (χ0v) is 11.9. The number of aliphatic hydroxyl groups is 1. The highest BCUT2D eigenvalue weighted by Crippen LogP contribution is 2.20. The van der Waals surface area contributed by atoms with Crippen LogP contribution in [0.1, 0.15) is 35.5 Å². The second-order valence-electron chi connectivity index (χ2n) is 4.82. The van der Waals surface area contributed by atoms with Crippen molar-refractivity contribution in [1.29, 1.82) is 0 Å². The molecule has 2 atom stereocenters. The van der Waals surface area contributed by atoms with Crippen LogP contribution >= 0.6 is 0 Å². The highest BCUT2D eigenvalue weighted by molar-refractivity contribution is 5.33. The van der Waals surface area contributed by atoms with E-state index in [1.165, 1.54) is 11.1 Å². The molecule has 0 aliphatic rings. The first kappa shape index (κ1) is 15.1. The summed E-state index contributed by atoms with van der Waals surface area (Å²) < 4.78 is 4.90. The third kappa shape index (κ3) is 4.05. The van der Waals surface area contributed by atoms with Crippen molar-refractivity contribution in [2.75, 3.05) is 20.3 Å². The van der Waals surface area contributed by atoms with Crippen molar-refractivity contribution < 1.29 is 9.84 Å². The second-order valence-corrected chi connectivity index (χ2v) is 4.82. The molecule has 0 fully saturated rings. The average Bonchev–Trinajstić information content (AvgIpc) is 2.25. The van der Waals surface area contributed by atoms with E-state index in [-0.39, 0.29) is 6.04 Å². The molecule has 0 aromatic carbocycles. The van der Waals surface area contributed by atoms with Crippen LogP contribution in [-0.2, 0) is 4.74 Å². The van der Waals surface area contributed by atoms with Crippen LogP contribution in [0.5, 0.6) is 0 Å². The quantitative estimate of drug-likeness (QED) is 0.808. The van der Waals surface area contributed by atoms with Gasteiger partial charge in [0.25, 0.3) is 0 Å². The van der Waals surface area contributed by atoms with E-state index in [4.69, 9.17) is 4.74 Å². The Morgan fingerprint density at radius 2 is 2.06 bits per heavy atom. The fourth-order valence-electron chi connectivity index (χ4n) is 2.35. The number of nitrogens with zero attached hydrogens (tertiary/aromatic N) is 1. The van der Waals surface area contributed by atoms with Crippen molar-refractivity contribution in [3.8, 4) is 0 Å². The molecular formula is C14H24N2O2. The van der Waals surface area contributed by atoms with Crippen LogP contribution in [0, 0.1) is 20.8 Å². The molecule has 0 spiro atoms. The molecule has 2 unspecified atom stereocenters. The minimum Gasteiger partial charge on any atom is -0.389 e. The van der Waals surface area contributed by atoms with E-state index in [9.17, 15) is 5.11 Å². The normalized spacial score (nSPS) is 14.6. The van der Waals surface area contributed by atoms with Crippen LogP contribution in [0.3, 0.4) is 0 Å². The largest absolute Gasteiger partial charge is 0.389 e. The van der Waals surface area contributed by atoms with Crippen molar-refractivity contribution in [3.63, 3.8) is 0 Å². The lowest BCUT2D eigenvalue weighted by atomic mass is 10.0. The number of methoxy groups -OCH3 is 1. The van der Waals surface area contributed by atoms with Crippen LogP contribution < -0.4 is 5.32 Å². The number of aliphatic hydroxyl groups excluding tert-OH is 1. The van der Waals surface area contributed by atoms with E-state index in [1.807, 2.05) is 13.8 Å². The summed E-state index contributed by atoms with van der Waals surface area (Å²) in [5.41, 5.74) is 4.54. The van der Waals surface area contributed by atoms with Gasteiger partial charge in [-0.3, -0.25) is 4.98 Å². The molecule has 1 heterocycles. The topological polar surface area (TPSA) is 54.4 Å². The molecule has 1 aromatic rings. The highest BCUT2D eigenvalue weighted by Gasteiger charge is 2.14. The summed E-state index contributed by atoms with van der Waals surface area (Å²) in [5, 5.41) is 12.9. The van der Waals surface area contributed by atoms with E-state index >= 15 is 0 Å². The lowest BCUT2D eigenvalue weighted by molar-refractivity contribution is 0.0630. The molecule has 1 rings (SSSR count). The summed E-state index contributed by atoms with van der Waals surface area (Å²) in [7, 11) is 1.59. The predicted molar refractivity (Wildman–Crippen MR) is 72.7 cm³/mol. The Labute approximate surface area is 109 Å². The minimum atomic E-state index is -0.475. The monoisotopic (exact) mass is 252 g/mol. The molecular weight excluding hydrogens is 228 g/mol. The van der Waals surface area contributed by atoms with Gasteiger partial charge in [-0.2, -0.15) is 0 Å². The van der Waals surface area contributed by atoms with E-state index in [0.717, 1.165) is 11.4 Å². The van der Waals surface area contributed by atoms with Crippen molar-refractivity contribution in [2.45, 2.75) is 39.8 Å². The SMILES string of the molecule is COCC(O)CNC(C)c1c(C)cc(C)nc1C. The van der Waals surface area contributed by atoms with Gasteiger partial charge >= 0.3 is 0 Å². The van der Waals surface area contributed by atoms with Crippen LogP contribution in [0.4, 0.5) is 0 Å². The van der Waals surface area contributed by atoms with Gasteiger partial charge in [0, 0.05) is 31.1 Å². The molecule has 0 bridgehead atoms. The summed E-state index contributed by atoms with van der Waals surface area (Å²) in [6.07, 6.45) is -0.475. The van der Waals surface area contributed by atoms with Crippen molar-refractivity contribution in [2.24, 2.45) is 0 Å². The summed E-state index contributed by atoms with van der Waals surface area (Å²) in [4.78, 5) is 4.49. The highest BCUT2D eigenvalue weighted by atomic mass is 16.5. The van der Waals surface area contributed by atoms with Gasteiger partial charge < -0.3 is 15.2 Å². The lowest BCUT2D eigenvalue weighted by Gasteiger charge is -2.20. The second kappa shape index (κ2) is 6.83. The van der Waals surface area contributed by atoms with Crippen LogP contribution in [0.15, 0.2) is 6.07 Å². The number of aryl methyl sites for hydroxylation is 3. The predicted octanol–water partition coefficient (Wildman–Crippen LogP) is 1.66. The van der Waals surface area contributed by atoms with Crippen LogP contribution in [0.25, 0.3) is 0 Å². The first-order chi connectivity index (χ1) is 8.45. The van der Waals surface area contributed by atoms with E-state index in [0.29, 0.717) is 13.2 Å². The molecule has 0 aliphatic heterocycles. The number of ether oxygens (including phenoxy) is 1. The van der Waals surface area contributed by atoms with Gasteiger partial charge in [0.2, 0.25) is 0 Å². The summed E-state index contributed by atoms with van der Waals surface area (Å²) in [6.45, 7) is 9.08. The first-order valence-electron chi connectivity index (χ1n) is 6.30. The lowest BCUT2D eigenvalue weighted by Crippen LogP contribution is -2.32. The fourth-order valence-corrected chi connectivity index (χ4v) is 2.35. The van der Waals surface area contributed by atoms with Crippen molar-refractivity contribution in [1.82, 2.24) is 10.3 Å². The maximum atomic E-state index is 9.62. The Kier molecular flexibility index (Phi) is 5.72. The maximum Gasteiger partial charge on any atom is 0.0897 e. The Morgan fingerprint density at radius 3 is 2.61 bits per heavy atom. The number of nitrogens with one attached hydrogen (secondary N) is 1. The van der Waals surface area contributed by atoms with E-state index in [2.05, 4.69) is 30.2 Å². The summed E-state index contributed by atoms with van der Waals surface area (Å²) in [5.74, 6) is 0. The van der Waals surface area contributed by atoms with Gasteiger partial charge in [0.1, 0.15) is 0 Å². The molecule has 0 saturated heterocycles. The third-order valence-corrected chi connectivity index (χ3v) is 3.04. The molecule has 4 nitrogen and oxygen atoms in total. The number of aromatic nitrogens is 1. The molecule has 4 heteroatoms. The zero-order chi connectivity index (χ0) is 13.7. The summed E-state index contributed by atoms with van der Waals surface area (Å²) >= 11 is 0. The van der Waals surface area contributed by atoms with Crippen LogP contribution in [0.2, 0.25) is 0 Å². The van der Waals surface area contributed by atoms with Gasteiger partial charge in [-0.05, 0) is 44.9 Å². The maximum absolute atomic E-state index is 9.62. The molecule has 0 saturated carbocycles. The minimum absolute atomic E-state index is 0.171. The molecule has 102 valence electrons. The van der Waals surface area contributed by atoms with Crippen molar-refractivity contribution in [3.05, 3.63) is 28.6 Å². The Morgan fingerprint density at radius 1 is 1.39 bits per heavy atom. The average molecular weight is 252 g/mol. The van der Waals surface area contributed by atoms with Gasteiger partial charge in [0.15, 0.2) is 0 Å². The van der Waals surface area contributed by atoms with E-state index in [1.54, 1.807) is 7.11 Å². The Hall–Kier alpha value is -0.970. The number of rotatable bonds is 6. The van der Waals surface area contributed by atoms with E-state index < -0.39 is 6.10 Å². The number of hydrogen-bond acceptors (Lipinski definition) is 4. The zero-order valence-electron chi connectivity index (χ0n) is 11.9. The van der Waals surface area contributed by atoms with Crippen molar-refractivity contribution >= 4 is 0 Å². The number of hydrogen-bond donors (Lipinski definition) is 2. The molecule has 2 N–H and O–H groups in total. The fraction of sp³-hybridized carbons (Fsp3) is 0.643. The molecule has 1 aromatic heterocycles. The number of pyridine rings is 1. The Balaban J connectivity index is 2.70.